The Morgan fingerprint density at radius 3 is 2.43 bits per heavy atom. The summed E-state index contributed by atoms with van der Waals surface area (Å²) in [5, 5.41) is 11.8. The van der Waals surface area contributed by atoms with Crippen LogP contribution in [-0.2, 0) is 0 Å². The Morgan fingerprint density at radius 1 is 1.71 bits per heavy atom. The van der Waals surface area contributed by atoms with Gasteiger partial charge in [-0.3, -0.25) is 0 Å². The fourth-order valence-corrected chi connectivity index (χ4v) is 0.295. The molecule has 0 saturated heterocycles. The first-order valence-electron chi connectivity index (χ1n) is 2.05. The molecule has 0 unspecified atom stereocenters. The number of aliphatic hydroxyl groups is 1. The minimum absolute atomic E-state index is 0.622. The third-order valence-corrected chi connectivity index (χ3v) is 0.928. The number of hydrogen-bond donors (Lipinski definition) is 1. The molecule has 0 aromatic heterocycles. The summed E-state index contributed by atoms with van der Waals surface area (Å²) in [6, 6.07) is 0. The van der Waals surface area contributed by atoms with Crippen molar-refractivity contribution in [1.82, 2.24) is 0 Å². The van der Waals surface area contributed by atoms with E-state index in [0.717, 1.165) is 0 Å². The average molecular weight is 99.1 g/mol. The van der Waals surface area contributed by atoms with Crippen molar-refractivity contribution in [1.29, 1.82) is 0 Å². The average Bonchev–Trinajstić information content (AvgIpc) is 2.22. The summed E-state index contributed by atoms with van der Waals surface area (Å²) in [6.45, 7) is 0. The molecule has 0 amide bonds. The largest absolute Gasteiger partial charge is 0.384 e. The first kappa shape index (κ1) is 4.43. The van der Waals surface area contributed by atoms with Gasteiger partial charge in [0.1, 0.15) is 5.72 Å². The van der Waals surface area contributed by atoms with Crippen LogP contribution in [0.25, 0.3) is 10.4 Å². The molecular weight excluding hydrogens is 94.1 g/mol. The van der Waals surface area contributed by atoms with Gasteiger partial charge in [0.2, 0.25) is 0 Å². The topological polar surface area (TPSA) is 69.0 Å². The normalized spacial score (nSPS) is 23.0. The van der Waals surface area contributed by atoms with E-state index in [1.807, 2.05) is 0 Å². The van der Waals surface area contributed by atoms with Gasteiger partial charge in [0, 0.05) is 4.91 Å². The molecule has 1 aliphatic rings. The van der Waals surface area contributed by atoms with Crippen molar-refractivity contribution in [2.24, 2.45) is 5.11 Å². The van der Waals surface area contributed by atoms with Crippen LogP contribution in [0.1, 0.15) is 12.8 Å². The van der Waals surface area contributed by atoms with Crippen LogP contribution in [0.2, 0.25) is 0 Å². The Morgan fingerprint density at radius 2 is 2.29 bits per heavy atom. The number of nitrogens with zero attached hydrogens (tertiary/aromatic N) is 3. The zero-order valence-electron chi connectivity index (χ0n) is 3.70. The maximum absolute atomic E-state index is 8.71. The molecule has 1 N–H and O–H groups in total. The van der Waals surface area contributed by atoms with Gasteiger partial charge >= 0.3 is 0 Å². The van der Waals surface area contributed by atoms with E-state index in [4.69, 9.17) is 10.6 Å². The summed E-state index contributed by atoms with van der Waals surface area (Å²) in [7, 11) is 0. The molecule has 1 rings (SSSR count). The maximum Gasteiger partial charge on any atom is 0.143 e. The Labute approximate surface area is 40.4 Å². The molecule has 4 nitrogen and oxygen atoms in total. The molecule has 0 aromatic carbocycles. The predicted octanol–water partition coefficient (Wildman–Crippen LogP) is 0.779. The highest BCUT2D eigenvalue weighted by atomic mass is 16.3. The smallest absolute Gasteiger partial charge is 0.143 e. The van der Waals surface area contributed by atoms with E-state index in [1.54, 1.807) is 0 Å². The quantitative estimate of drug-likeness (QED) is 0.294. The molecule has 1 saturated carbocycles. The van der Waals surface area contributed by atoms with Gasteiger partial charge in [0.05, 0.1) is 0 Å². The molecule has 0 aromatic rings. The lowest BCUT2D eigenvalue weighted by Gasteiger charge is -1.88. The lowest BCUT2D eigenvalue weighted by atomic mass is 10.7. The van der Waals surface area contributed by atoms with Crippen LogP contribution in [0.5, 0.6) is 0 Å². The third-order valence-electron chi connectivity index (χ3n) is 0.928. The summed E-state index contributed by atoms with van der Waals surface area (Å²) in [6.07, 6.45) is 1.24. The van der Waals surface area contributed by atoms with Crippen molar-refractivity contribution in [2.45, 2.75) is 18.6 Å². The molecule has 38 valence electrons. The van der Waals surface area contributed by atoms with Crippen LogP contribution in [0.4, 0.5) is 0 Å². The highest BCUT2D eigenvalue weighted by molar-refractivity contribution is 4.90. The molecular formula is C3H5N3O. The van der Waals surface area contributed by atoms with Crippen molar-refractivity contribution in [3.8, 4) is 0 Å². The van der Waals surface area contributed by atoms with Crippen LogP contribution in [0.15, 0.2) is 5.11 Å². The zero-order valence-corrected chi connectivity index (χ0v) is 3.70. The van der Waals surface area contributed by atoms with Gasteiger partial charge in [-0.05, 0) is 18.4 Å². The van der Waals surface area contributed by atoms with Gasteiger partial charge < -0.3 is 5.11 Å². The van der Waals surface area contributed by atoms with E-state index in [9.17, 15) is 0 Å². The Bertz CT molecular complexity index is 122. The molecule has 1 fully saturated rings. The molecule has 0 heterocycles. The van der Waals surface area contributed by atoms with Gasteiger partial charge in [-0.25, -0.2) is 0 Å². The number of hydrogen-bond acceptors (Lipinski definition) is 2. The second kappa shape index (κ2) is 1.12. The summed E-state index contributed by atoms with van der Waals surface area (Å²) in [5.74, 6) is 0. The fraction of sp³-hybridized carbons (Fsp3) is 1.00. The molecule has 4 heteroatoms. The van der Waals surface area contributed by atoms with E-state index in [0.29, 0.717) is 12.8 Å². The minimum Gasteiger partial charge on any atom is -0.384 e. The highest BCUT2D eigenvalue weighted by Gasteiger charge is 2.39. The van der Waals surface area contributed by atoms with Crippen molar-refractivity contribution in [3.05, 3.63) is 10.4 Å². The Kier molecular flexibility index (Phi) is 0.708. The molecule has 1 aliphatic carbocycles. The molecule has 0 atom stereocenters. The van der Waals surface area contributed by atoms with E-state index in [1.165, 1.54) is 0 Å². The van der Waals surface area contributed by atoms with Gasteiger partial charge in [-0.2, -0.15) is 0 Å². The van der Waals surface area contributed by atoms with Crippen molar-refractivity contribution in [3.63, 3.8) is 0 Å². The van der Waals surface area contributed by atoms with Crippen LogP contribution in [0.3, 0.4) is 0 Å². The zero-order chi connectivity index (χ0) is 5.33. The Hall–Kier alpha value is -0.730. The standard InChI is InChI=1S/C3H5N3O/c4-6-5-3(7)1-2-3/h7H,1-2H2. The minimum atomic E-state index is -0.991. The maximum atomic E-state index is 8.71. The molecule has 0 radical (unpaired) electrons. The van der Waals surface area contributed by atoms with Crippen LogP contribution in [-0.4, -0.2) is 10.8 Å². The van der Waals surface area contributed by atoms with Crippen LogP contribution >= 0.6 is 0 Å². The van der Waals surface area contributed by atoms with E-state index >= 15 is 0 Å². The third kappa shape index (κ3) is 0.824. The van der Waals surface area contributed by atoms with E-state index in [-0.39, 0.29) is 0 Å². The van der Waals surface area contributed by atoms with Crippen molar-refractivity contribution < 1.29 is 5.11 Å². The van der Waals surface area contributed by atoms with Crippen molar-refractivity contribution >= 4 is 0 Å². The molecule has 0 bridgehead atoms. The Balaban J connectivity index is 2.55. The predicted molar refractivity (Wildman–Crippen MR) is 23.3 cm³/mol. The summed E-state index contributed by atoms with van der Waals surface area (Å²) in [5.41, 5.74) is 6.75. The lowest BCUT2D eigenvalue weighted by molar-refractivity contribution is 0.159. The summed E-state index contributed by atoms with van der Waals surface area (Å²) >= 11 is 0. The van der Waals surface area contributed by atoms with Crippen molar-refractivity contribution in [2.75, 3.05) is 0 Å². The molecule has 0 aliphatic heterocycles. The molecule has 7 heavy (non-hydrogen) atoms. The number of rotatable bonds is 1. The van der Waals surface area contributed by atoms with Gasteiger partial charge in [0.15, 0.2) is 0 Å². The van der Waals surface area contributed by atoms with Crippen LogP contribution < -0.4 is 0 Å². The molecule has 0 spiro atoms. The SMILES string of the molecule is [N-]=[N+]=NC1(O)CC1. The second-order valence-electron chi connectivity index (χ2n) is 1.67. The first-order chi connectivity index (χ1) is 3.27. The van der Waals surface area contributed by atoms with Gasteiger partial charge in [0.25, 0.3) is 0 Å². The van der Waals surface area contributed by atoms with Gasteiger partial charge in [-0.15, -0.1) is 0 Å². The van der Waals surface area contributed by atoms with Gasteiger partial charge in [-0.1, -0.05) is 5.11 Å². The monoisotopic (exact) mass is 99.0 g/mol. The second-order valence-corrected chi connectivity index (χ2v) is 1.67. The van der Waals surface area contributed by atoms with Crippen LogP contribution in [0, 0.1) is 0 Å². The number of azide groups is 1. The highest BCUT2D eigenvalue weighted by Crippen LogP contribution is 2.36. The lowest BCUT2D eigenvalue weighted by Crippen LogP contribution is -1.97. The fourth-order valence-electron chi connectivity index (χ4n) is 0.295. The first-order valence-corrected chi connectivity index (χ1v) is 2.05. The summed E-state index contributed by atoms with van der Waals surface area (Å²) in [4.78, 5) is 2.44. The van der Waals surface area contributed by atoms with E-state index in [2.05, 4.69) is 10.0 Å². The van der Waals surface area contributed by atoms with E-state index < -0.39 is 5.72 Å². The summed E-state index contributed by atoms with van der Waals surface area (Å²) < 4.78 is 0.